The quantitative estimate of drug-likeness (QED) is 0.613. The molecule has 1 amide bonds. The molecular weight excluding hydrogens is 208 g/mol. The van der Waals surface area contributed by atoms with E-state index in [1.54, 1.807) is 0 Å². The summed E-state index contributed by atoms with van der Waals surface area (Å²) < 4.78 is 0. The van der Waals surface area contributed by atoms with Crippen LogP contribution in [0.5, 0.6) is 0 Å². The molecule has 1 rings (SSSR count). The van der Waals surface area contributed by atoms with Crippen molar-refractivity contribution >= 4 is 11.9 Å². The van der Waals surface area contributed by atoms with Crippen molar-refractivity contribution in [3.8, 4) is 0 Å². The Kier molecular flexibility index (Phi) is 5.25. The molecule has 0 aromatic carbocycles. The minimum atomic E-state index is -0.818. The van der Waals surface area contributed by atoms with Gasteiger partial charge in [-0.25, -0.2) is 0 Å². The van der Waals surface area contributed by atoms with Crippen molar-refractivity contribution < 1.29 is 14.7 Å². The predicted molar refractivity (Wildman–Crippen MR) is 60.1 cm³/mol. The molecule has 92 valence electrons. The fraction of sp³-hybridized carbons (Fsp3) is 0.818. The fourth-order valence-electron chi connectivity index (χ4n) is 1.90. The largest absolute Gasteiger partial charge is 0.481 e. The summed E-state index contributed by atoms with van der Waals surface area (Å²) in [7, 11) is 0. The van der Waals surface area contributed by atoms with Crippen LogP contribution in [0.3, 0.4) is 0 Å². The van der Waals surface area contributed by atoms with Gasteiger partial charge in [-0.05, 0) is 38.8 Å². The lowest BCUT2D eigenvalue weighted by atomic mass is 10.0. The van der Waals surface area contributed by atoms with Crippen molar-refractivity contribution in [2.45, 2.75) is 38.6 Å². The number of amides is 1. The second-order valence-corrected chi connectivity index (χ2v) is 4.46. The van der Waals surface area contributed by atoms with Crippen LogP contribution in [0.2, 0.25) is 0 Å². The van der Waals surface area contributed by atoms with Crippen LogP contribution in [-0.4, -0.2) is 36.1 Å². The van der Waals surface area contributed by atoms with Crippen molar-refractivity contribution in [3.05, 3.63) is 0 Å². The van der Waals surface area contributed by atoms with E-state index < -0.39 is 5.97 Å². The fourth-order valence-corrected chi connectivity index (χ4v) is 1.90. The number of carboxylic acid groups (broad SMARTS) is 1. The standard InChI is InChI=1S/C11H20N2O3/c1-8(2-3-11(15)16)13-10(14)6-9-4-5-12-7-9/h8-9,12H,2-7H2,1H3,(H,13,14)(H,15,16). The molecule has 0 spiro atoms. The maximum Gasteiger partial charge on any atom is 0.303 e. The van der Waals surface area contributed by atoms with Crippen molar-refractivity contribution in [3.63, 3.8) is 0 Å². The highest BCUT2D eigenvalue weighted by Gasteiger charge is 2.18. The second kappa shape index (κ2) is 6.48. The third-order valence-electron chi connectivity index (χ3n) is 2.84. The van der Waals surface area contributed by atoms with Gasteiger partial charge >= 0.3 is 5.97 Å². The van der Waals surface area contributed by atoms with Crippen molar-refractivity contribution in [2.24, 2.45) is 5.92 Å². The van der Waals surface area contributed by atoms with Gasteiger partial charge in [-0.15, -0.1) is 0 Å². The van der Waals surface area contributed by atoms with Gasteiger partial charge in [-0.2, -0.15) is 0 Å². The number of nitrogens with one attached hydrogen (secondary N) is 2. The van der Waals surface area contributed by atoms with E-state index in [4.69, 9.17) is 5.11 Å². The van der Waals surface area contributed by atoms with Crippen LogP contribution in [-0.2, 0) is 9.59 Å². The average molecular weight is 228 g/mol. The Balaban J connectivity index is 2.14. The molecule has 16 heavy (non-hydrogen) atoms. The molecule has 0 saturated carbocycles. The topological polar surface area (TPSA) is 78.4 Å². The number of hydrogen-bond donors (Lipinski definition) is 3. The molecule has 0 aromatic heterocycles. The van der Waals surface area contributed by atoms with Gasteiger partial charge in [0.25, 0.3) is 0 Å². The molecule has 1 saturated heterocycles. The highest BCUT2D eigenvalue weighted by atomic mass is 16.4. The van der Waals surface area contributed by atoms with Crippen LogP contribution >= 0.6 is 0 Å². The monoisotopic (exact) mass is 228 g/mol. The van der Waals surface area contributed by atoms with E-state index in [9.17, 15) is 9.59 Å². The maximum absolute atomic E-state index is 11.6. The smallest absolute Gasteiger partial charge is 0.303 e. The minimum Gasteiger partial charge on any atom is -0.481 e. The molecule has 0 radical (unpaired) electrons. The van der Waals surface area contributed by atoms with E-state index in [0.717, 1.165) is 19.5 Å². The van der Waals surface area contributed by atoms with Gasteiger partial charge in [-0.1, -0.05) is 0 Å². The summed E-state index contributed by atoms with van der Waals surface area (Å²) in [4.78, 5) is 21.9. The zero-order valence-corrected chi connectivity index (χ0v) is 9.66. The van der Waals surface area contributed by atoms with Crippen molar-refractivity contribution in [1.29, 1.82) is 0 Å². The number of carbonyl (C=O) groups excluding carboxylic acids is 1. The van der Waals surface area contributed by atoms with E-state index in [1.807, 2.05) is 6.92 Å². The highest BCUT2D eigenvalue weighted by Crippen LogP contribution is 2.12. The third-order valence-corrected chi connectivity index (χ3v) is 2.84. The van der Waals surface area contributed by atoms with Gasteiger partial charge in [0.15, 0.2) is 0 Å². The summed E-state index contributed by atoms with van der Waals surface area (Å²) in [6.07, 6.45) is 2.19. The lowest BCUT2D eigenvalue weighted by molar-refractivity contribution is -0.137. The molecule has 2 atom stereocenters. The van der Waals surface area contributed by atoms with Crippen molar-refractivity contribution in [2.75, 3.05) is 13.1 Å². The van der Waals surface area contributed by atoms with Crippen LogP contribution in [0.15, 0.2) is 0 Å². The van der Waals surface area contributed by atoms with E-state index in [-0.39, 0.29) is 18.4 Å². The first kappa shape index (κ1) is 13.0. The van der Waals surface area contributed by atoms with E-state index in [1.165, 1.54) is 0 Å². The van der Waals surface area contributed by atoms with Crippen LogP contribution in [0.4, 0.5) is 0 Å². The molecular formula is C11H20N2O3. The molecule has 1 fully saturated rings. The summed E-state index contributed by atoms with van der Waals surface area (Å²) in [5.74, 6) is -0.348. The molecule has 3 N–H and O–H groups in total. The molecule has 1 aliphatic rings. The zero-order chi connectivity index (χ0) is 12.0. The molecule has 0 aliphatic carbocycles. The number of rotatable bonds is 6. The molecule has 1 heterocycles. The summed E-state index contributed by atoms with van der Waals surface area (Å²) in [6.45, 7) is 3.75. The molecule has 1 aliphatic heterocycles. The third kappa shape index (κ3) is 5.11. The second-order valence-electron chi connectivity index (χ2n) is 4.46. The summed E-state index contributed by atoms with van der Waals surface area (Å²) >= 11 is 0. The lowest BCUT2D eigenvalue weighted by Gasteiger charge is -2.14. The Hall–Kier alpha value is -1.10. The average Bonchev–Trinajstić information content (AvgIpc) is 2.67. The number of carboxylic acids is 1. The zero-order valence-electron chi connectivity index (χ0n) is 9.66. The van der Waals surface area contributed by atoms with Crippen LogP contribution < -0.4 is 10.6 Å². The van der Waals surface area contributed by atoms with E-state index in [2.05, 4.69) is 10.6 Å². The Morgan fingerprint density at radius 2 is 2.31 bits per heavy atom. The molecule has 2 unspecified atom stereocenters. The van der Waals surface area contributed by atoms with Crippen molar-refractivity contribution in [1.82, 2.24) is 10.6 Å². The molecule has 5 nitrogen and oxygen atoms in total. The highest BCUT2D eigenvalue weighted by molar-refractivity contribution is 5.76. The molecule has 0 bridgehead atoms. The number of aliphatic carboxylic acids is 1. The van der Waals surface area contributed by atoms with Gasteiger partial charge < -0.3 is 15.7 Å². The maximum atomic E-state index is 11.6. The number of hydrogen-bond acceptors (Lipinski definition) is 3. The van der Waals surface area contributed by atoms with Crippen LogP contribution in [0, 0.1) is 5.92 Å². The summed E-state index contributed by atoms with van der Waals surface area (Å²) in [5, 5.41) is 14.6. The Bertz CT molecular complexity index is 250. The minimum absolute atomic E-state index is 0.0339. The van der Waals surface area contributed by atoms with Crippen LogP contribution in [0.25, 0.3) is 0 Å². The Labute approximate surface area is 95.6 Å². The van der Waals surface area contributed by atoms with Gasteiger partial charge in [0, 0.05) is 18.9 Å². The van der Waals surface area contributed by atoms with Gasteiger partial charge in [-0.3, -0.25) is 9.59 Å². The lowest BCUT2D eigenvalue weighted by Crippen LogP contribution is -2.34. The normalized spacial score (nSPS) is 21.7. The van der Waals surface area contributed by atoms with E-state index >= 15 is 0 Å². The van der Waals surface area contributed by atoms with Gasteiger partial charge in [0.2, 0.25) is 5.91 Å². The molecule has 0 aromatic rings. The first-order valence-corrected chi connectivity index (χ1v) is 5.80. The SMILES string of the molecule is CC(CCC(=O)O)NC(=O)CC1CCNC1. The Morgan fingerprint density at radius 1 is 1.56 bits per heavy atom. The Morgan fingerprint density at radius 3 is 2.88 bits per heavy atom. The predicted octanol–water partition coefficient (Wildman–Crippen LogP) is 0.356. The first-order valence-electron chi connectivity index (χ1n) is 5.80. The summed E-state index contributed by atoms with van der Waals surface area (Å²) in [5.41, 5.74) is 0. The van der Waals surface area contributed by atoms with Gasteiger partial charge in [0.1, 0.15) is 0 Å². The summed E-state index contributed by atoms with van der Waals surface area (Å²) in [6, 6.07) is -0.0574. The number of carbonyl (C=O) groups is 2. The van der Waals surface area contributed by atoms with Crippen LogP contribution in [0.1, 0.15) is 32.6 Å². The molecule has 5 heteroatoms. The van der Waals surface area contributed by atoms with Gasteiger partial charge in [0.05, 0.1) is 0 Å². The first-order chi connectivity index (χ1) is 7.58. The van der Waals surface area contributed by atoms with E-state index in [0.29, 0.717) is 18.8 Å².